The summed E-state index contributed by atoms with van der Waals surface area (Å²) in [5, 5.41) is 8.86. The fourth-order valence-corrected chi connectivity index (χ4v) is 2.72. The van der Waals surface area contributed by atoms with Crippen molar-refractivity contribution in [2.24, 2.45) is 0 Å². The molecule has 0 saturated carbocycles. The fraction of sp³-hybridized carbons (Fsp3) is 0.500. The SMILES string of the molecule is OCCc1ccc(C2CCOC2)c(Br)c1. The van der Waals surface area contributed by atoms with Crippen LogP contribution in [0.25, 0.3) is 0 Å². The lowest BCUT2D eigenvalue weighted by Gasteiger charge is -2.11. The number of ether oxygens (including phenoxy) is 1. The Hall–Kier alpha value is -0.380. The molecule has 1 fully saturated rings. The number of benzene rings is 1. The van der Waals surface area contributed by atoms with Gasteiger partial charge in [0.05, 0.1) is 6.61 Å². The van der Waals surface area contributed by atoms with Crippen LogP contribution in [0.1, 0.15) is 23.5 Å². The van der Waals surface area contributed by atoms with Crippen LogP contribution in [0.15, 0.2) is 22.7 Å². The number of aliphatic hydroxyl groups excluding tert-OH is 1. The Morgan fingerprint density at radius 2 is 2.33 bits per heavy atom. The fourth-order valence-electron chi connectivity index (χ4n) is 1.97. The molecule has 0 amide bonds. The van der Waals surface area contributed by atoms with Gasteiger partial charge in [-0.25, -0.2) is 0 Å². The van der Waals surface area contributed by atoms with Gasteiger partial charge in [0, 0.05) is 23.6 Å². The Morgan fingerprint density at radius 3 is 2.93 bits per heavy atom. The monoisotopic (exact) mass is 270 g/mol. The lowest BCUT2D eigenvalue weighted by molar-refractivity contribution is 0.194. The van der Waals surface area contributed by atoms with Crippen molar-refractivity contribution in [1.82, 2.24) is 0 Å². The Balaban J connectivity index is 2.18. The van der Waals surface area contributed by atoms with E-state index in [4.69, 9.17) is 9.84 Å². The van der Waals surface area contributed by atoms with Crippen molar-refractivity contribution in [3.63, 3.8) is 0 Å². The van der Waals surface area contributed by atoms with Crippen LogP contribution in [0.2, 0.25) is 0 Å². The summed E-state index contributed by atoms with van der Waals surface area (Å²) >= 11 is 3.59. The summed E-state index contributed by atoms with van der Waals surface area (Å²) in [6, 6.07) is 6.34. The highest BCUT2D eigenvalue weighted by Crippen LogP contribution is 2.31. The zero-order valence-electron chi connectivity index (χ0n) is 8.58. The molecule has 1 aromatic carbocycles. The van der Waals surface area contributed by atoms with Gasteiger partial charge in [-0.1, -0.05) is 28.1 Å². The van der Waals surface area contributed by atoms with Gasteiger partial charge in [-0.2, -0.15) is 0 Å². The first-order valence-corrected chi connectivity index (χ1v) is 6.07. The van der Waals surface area contributed by atoms with Gasteiger partial charge in [0.25, 0.3) is 0 Å². The van der Waals surface area contributed by atoms with Crippen molar-refractivity contribution in [2.75, 3.05) is 19.8 Å². The first kappa shape index (κ1) is 11.1. The largest absolute Gasteiger partial charge is 0.396 e. The smallest absolute Gasteiger partial charge is 0.0535 e. The lowest BCUT2D eigenvalue weighted by atomic mass is 9.97. The number of hydrogen-bond donors (Lipinski definition) is 1. The number of rotatable bonds is 3. The zero-order valence-corrected chi connectivity index (χ0v) is 10.2. The summed E-state index contributed by atoms with van der Waals surface area (Å²) in [6.07, 6.45) is 1.83. The third-order valence-electron chi connectivity index (χ3n) is 2.83. The van der Waals surface area contributed by atoms with E-state index in [0.717, 1.165) is 30.5 Å². The molecule has 82 valence electrons. The first-order valence-electron chi connectivity index (χ1n) is 5.28. The summed E-state index contributed by atoms with van der Waals surface area (Å²) < 4.78 is 6.53. The Labute approximate surface area is 98.4 Å². The second kappa shape index (κ2) is 5.10. The van der Waals surface area contributed by atoms with Crippen LogP contribution in [-0.2, 0) is 11.2 Å². The summed E-state index contributed by atoms with van der Waals surface area (Å²) in [4.78, 5) is 0. The van der Waals surface area contributed by atoms with Crippen molar-refractivity contribution in [3.05, 3.63) is 33.8 Å². The third-order valence-corrected chi connectivity index (χ3v) is 3.52. The second-order valence-electron chi connectivity index (χ2n) is 3.89. The van der Waals surface area contributed by atoms with Crippen LogP contribution >= 0.6 is 15.9 Å². The molecule has 0 aromatic heterocycles. The van der Waals surface area contributed by atoms with Crippen LogP contribution in [0.5, 0.6) is 0 Å². The molecule has 3 heteroatoms. The van der Waals surface area contributed by atoms with E-state index in [1.807, 2.05) is 0 Å². The first-order chi connectivity index (χ1) is 7.31. The van der Waals surface area contributed by atoms with Crippen molar-refractivity contribution < 1.29 is 9.84 Å². The summed E-state index contributed by atoms with van der Waals surface area (Å²) in [7, 11) is 0. The quantitative estimate of drug-likeness (QED) is 0.915. The molecule has 2 nitrogen and oxygen atoms in total. The molecule has 1 heterocycles. The molecule has 0 aliphatic carbocycles. The van der Waals surface area contributed by atoms with Crippen LogP contribution in [0.4, 0.5) is 0 Å². The maximum Gasteiger partial charge on any atom is 0.0535 e. The second-order valence-corrected chi connectivity index (χ2v) is 4.74. The van der Waals surface area contributed by atoms with E-state index in [1.54, 1.807) is 0 Å². The highest BCUT2D eigenvalue weighted by Gasteiger charge is 2.19. The molecule has 15 heavy (non-hydrogen) atoms. The van der Waals surface area contributed by atoms with E-state index in [9.17, 15) is 0 Å². The van der Waals surface area contributed by atoms with Crippen LogP contribution in [-0.4, -0.2) is 24.9 Å². The highest BCUT2D eigenvalue weighted by atomic mass is 79.9. The van der Waals surface area contributed by atoms with Gasteiger partial charge in [-0.15, -0.1) is 0 Å². The molecular weight excluding hydrogens is 256 g/mol. The molecule has 0 bridgehead atoms. The molecule has 1 saturated heterocycles. The third kappa shape index (κ3) is 2.60. The molecule has 1 atom stereocenters. The number of aliphatic hydroxyl groups is 1. The topological polar surface area (TPSA) is 29.5 Å². The van der Waals surface area contributed by atoms with Gasteiger partial charge in [0.1, 0.15) is 0 Å². The van der Waals surface area contributed by atoms with E-state index in [0.29, 0.717) is 5.92 Å². The molecule has 2 rings (SSSR count). The van der Waals surface area contributed by atoms with Gasteiger partial charge in [0.2, 0.25) is 0 Å². The van der Waals surface area contributed by atoms with E-state index in [-0.39, 0.29) is 6.61 Å². The van der Waals surface area contributed by atoms with Crippen molar-refractivity contribution >= 4 is 15.9 Å². The minimum atomic E-state index is 0.207. The standard InChI is InChI=1S/C12H15BrO2/c13-12-7-9(3-5-14)1-2-11(12)10-4-6-15-8-10/h1-2,7,10,14H,3-6,8H2. The number of halogens is 1. The summed E-state index contributed by atoms with van der Waals surface area (Å²) in [6.45, 7) is 1.91. The predicted molar refractivity (Wildman–Crippen MR) is 63.1 cm³/mol. The van der Waals surface area contributed by atoms with Crippen LogP contribution in [0, 0.1) is 0 Å². The Morgan fingerprint density at radius 1 is 1.47 bits per heavy atom. The van der Waals surface area contributed by atoms with Gasteiger partial charge in [-0.3, -0.25) is 0 Å². The average molecular weight is 271 g/mol. The number of hydrogen-bond acceptors (Lipinski definition) is 2. The van der Waals surface area contributed by atoms with Crippen LogP contribution < -0.4 is 0 Å². The summed E-state index contributed by atoms with van der Waals surface area (Å²) in [5.41, 5.74) is 2.50. The molecule has 1 aromatic rings. The maximum absolute atomic E-state index is 8.86. The van der Waals surface area contributed by atoms with Gasteiger partial charge in [-0.05, 0) is 30.0 Å². The normalized spacial score (nSPS) is 20.8. The molecule has 1 aliphatic rings. The summed E-state index contributed by atoms with van der Waals surface area (Å²) in [5.74, 6) is 0.530. The van der Waals surface area contributed by atoms with Crippen LogP contribution in [0.3, 0.4) is 0 Å². The molecule has 0 radical (unpaired) electrons. The van der Waals surface area contributed by atoms with E-state index < -0.39 is 0 Å². The minimum absolute atomic E-state index is 0.207. The molecule has 1 aliphatic heterocycles. The van der Waals surface area contributed by atoms with E-state index in [2.05, 4.69) is 34.1 Å². The van der Waals surface area contributed by atoms with Crippen molar-refractivity contribution in [1.29, 1.82) is 0 Å². The van der Waals surface area contributed by atoms with Gasteiger partial charge in [0.15, 0.2) is 0 Å². The molecule has 1 N–H and O–H groups in total. The molecular formula is C12H15BrO2. The molecule has 0 spiro atoms. The molecule has 1 unspecified atom stereocenters. The Bertz CT molecular complexity index is 332. The van der Waals surface area contributed by atoms with Crippen molar-refractivity contribution in [3.8, 4) is 0 Å². The van der Waals surface area contributed by atoms with Crippen molar-refractivity contribution in [2.45, 2.75) is 18.8 Å². The maximum atomic E-state index is 8.86. The minimum Gasteiger partial charge on any atom is -0.396 e. The zero-order chi connectivity index (χ0) is 10.7. The van der Waals surface area contributed by atoms with E-state index in [1.165, 1.54) is 11.1 Å². The predicted octanol–water partition coefficient (Wildman–Crippen LogP) is 2.49. The van der Waals surface area contributed by atoms with E-state index >= 15 is 0 Å². The lowest BCUT2D eigenvalue weighted by Crippen LogP contribution is -2.00. The van der Waals surface area contributed by atoms with Gasteiger partial charge < -0.3 is 9.84 Å². The van der Waals surface area contributed by atoms with Gasteiger partial charge >= 0.3 is 0 Å². The highest BCUT2D eigenvalue weighted by molar-refractivity contribution is 9.10. The average Bonchev–Trinajstić information content (AvgIpc) is 2.71. The Kier molecular flexibility index (Phi) is 3.78.